The van der Waals surface area contributed by atoms with Crippen molar-refractivity contribution in [3.8, 4) is 0 Å². The molecule has 1 aliphatic rings. The van der Waals surface area contributed by atoms with Gasteiger partial charge in [0.1, 0.15) is 0 Å². The second-order valence-corrected chi connectivity index (χ2v) is 5.05. The van der Waals surface area contributed by atoms with Crippen LogP contribution in [-0.2, 0) is 0 Å². The van der Waals surface area contributed by atoms with Crippen LogP contribution in [-0.4, -0.2) is 34.1 Å². The molecular weight excluding hydrogens is 240 g/mol. The number of hydrogen-bond acceptors (Lipinski definition) is 6. The fraction of sp³-hybridized carbons (Fsp3) is 0.769. The summed E-state index contributed by atoms with van der Waals surface area (Å²) in [6.45, 7) is 6.37. The summed E-state index contributed by atoms with van der Waals surface area (Å²) in [5.41, 5.74) is 5.79. The molecule has 1 fully saturated rings. The summed E-state index contributed by atoms with van der Waals surface area (Å²) < 4.78 is 0. The molecule has 1 aromatic heterocycles. The number of nitrogen functional groups attached to an aromatic ring is 1. The first-order valence-electron chi connectivity index (χ1n) is 7.26. The molecule has 0 aromatic carbocycles. The van der Waals surface area contributed by atoms with Gasteiger partial charge in [0.2, 0.25) is 17.8 Å². The van der Waals surface area contributed by atoms with E-state index in [4.69, 9.17) is 5.73 Å². The monoisotopic (exact) mass is 264 g/mol. The molecule has 0 aliphatic carbocycles. The molecule has 6 heteroatoms. The smallest absolute Gasteiger partial charge is 0.231 e. The van der Waals surface area contributed by atoms with Gasteiger partial charge in [-0.25, -0.2) is 0 Å². The van der Waals surface area contributed by atoms with Crippen molar-refractivity contribution >= 4 is 17.8 Å². The summed E-state index contributed by atoms with van der Waals surface area (Å²) in [5, 5.41) is 3.37. The molecule has 0 spiro atoms. The highest BCUT2D eigenvalue weighted by Gasteiger charge is 2.17. The Morgan fingerprint density at radius 1 is 1.21 bits per heavy atom. The topological polar surface area (TPSA) is 80.0 Å². The quantitative estimate of drug-likeness (QED) is 0.818. The predicted molar refractivity (Wildman–Crippen MR) is 78.3 cm³/mol. The van der Waals surface area contributed by atoms with Gasteiger partial charge in [-0.3, -0.25) is 0 Å². The van der Waals surface area contributed by atoms with E-state index in [0.717, 1.165) is 32.4 Å². The summed E-state index contributed by atoms with van der Waals surface area (Å²) in [6.07, 6.45) is 5.70. The molecule has 3 N–H and O–H groups in total. The molecular formula is C13H24N6. The Balaban J connectivity index is 2.11. The van der Waals surface area contributed by atoms with Crippen molar-refractivity contribution in [2.24, 2.45) is 0 Å². The highest BCUT2D eigenvalue weighted by molar-refractivity contribution is 5.42. The lowest BCUT2D eigenvalue weighted by Crippen LogP contribution is -2.24. The van der Waals surface area contributed by atoms with Crippen LogP contribution in [0.4, 0.5) is 17.8 Å². The van der Waals surface area contributed by atoms with Crippen LogP contribution in [0.1, 0.15) is 46.0 Å². The highest BCUT2D eigenvalue weighted by Crippen LogP contribution is 2.18. The fourth-order valence-electron chi connectivity index (χ4n) is 2.41. The van der Waals surface area contributed by atoms with Crippen molar-refractivity contribution in [3.05, 3.63) is 0 Å². The Morgan fingerprint density at radius 2 is 1.95 bits per heavy atom. The van der Waals surface area contributed by atoms with Crippen molar-refractivity contribution in [2.75, 3.05) is 29.0 Å². The zero-order valence-corrected chi connectivity index (χ0v) is 11.9. The first-order chi connectivity index (χ1) is 9.22. The molecule has 0 radical (unpaired) electrons. The van der Waals surface area contributed by atoms with Gasteiger partial charge in [0.25, 0.3) is 0 Å². The maximum absolute atomic E-state index is 5.79. The number of nitrogens with zero attached hydrogens (tertiary/aromatic N) is 4. The van der Waals surface area contributed by atoms with Crippen LogP contribution >= 0.6 is 0 Å². The molecule has 106 valence electrons. The minimum absolute atomic E-state index is 0.297. The lowest BCUT2D eigenvalue weighted by Gasteiger charge is -2.19. The van der Waals surface area contributed by atoms with E-state index in [-0.39, 0.29) is 0 Å². The van der Waals surface area contributed by atoms with Gasteiger partial charge in [-0.15, -0.1) is 0 Å². The van der Waals surface area contributed by atoms with Crippen LogP contribution in [0.15, 0.2) is 0 Å². The van der Waals surface area contributed by atoms with E-state index in [2.05, 4.69) is 39.0 Å². The molecule has 1 atom stereocenters. The lowest BCUT2D eigenvalue weighted by atomic mass is 10.1. The number of hydrogen-bond donors (Lipinski definition) is 2. The normalized spacial score (nSPS) is 16.6. The Labute approximate surface area is 114 Å². The van der Waals surface area contributed by atoms with Crippen LogP contribution in [0, 0.1) is 0 Å². The number of nitrogens with one attached hydrogen (secondary N) is 1. The van der Waals surface area contributed by atoms with Crippen LogP contribution in [0.25, 0.3) is 0 Å². The molecule has 1 saturated heterocycles. The van der Waals surface area contributed by atoms with Crippen molar-refractivity contribution in [1.82, 2.24) is 15.0 Å². The molecule has 0 saturated carbocycles. The minimum atomic E-state index is 0.297. The van der Waals surface area contributed by atoms with E-state index < -0.39 is 0 Å². The van der Waals surface area contributed by atoms with Gasteiger partial charge in [-0.1, -0.05) is 20.3 Å². The van der Waals surface area contributed by atoms with Gasteiger partial charge >= 0.3 is 0 Å². The standard InChI is InChI=1S/C13H24N6/c1-3-7-10(4-2)15-12-16-11(14)17-13(18-12)19-8-5-6-9-19/h10H,3-9H2,1-2H3,(H3,14,15,16,17,18). The van der Waals surface area contributed by atoms with E-state index in [1.807, 2.05) is 0 Å². The molecule has 2 heterocycles. The first-order valence-corrected chi connectivity index (χ1v) is 7.26. The highest BCUT2D eigenvalue weighted by atomic mass is 15.3. The van der Waals surface area contributed by atoms with E-state index in [0.29, 0.717) is 23.9 Å². The van der Waals surface area contributed by atoms with Gasteiger partial charge < -0.3 is 16.0 Å². The summed E-state index contributed by atoms with van der Waals surface area (Å²) >= 11 is 0. The zero-order chi connectivity index (χ0) is 13.7. The molecule has 1 aromatic rings. The SMILES string of the molecule is CCCC(CC)Nc1nc(N)nc(N2CCCC2)n1. The maximum atomic E-state index is 5.79. The summed E-state index contributed by atoms with van der Waals surface area (Å²) in [5.74, 6) is 1.61. The van der Waals surface area contributed by atoms with Crippen molar-refractivity contribution in [3.63, 3.8) is 0 Å². The molecule has 19 heavy (non-hydrogen) atoms. The van der Waals surface area contributed by atoms with Crippen LogP contribution in [0.3, 0.4) is 0 Å². The van der Waals surface area contributed by atoms with E-state index in [9.17, 15) is 0 Å². The second-order valence-electron chi connectivity index (χ2n) is 5.05. The van der Waals surface area contributed by atoms with Crippen LogP contribution < -0.4 is 16.0 Å². The van der Waals surface area contributed by atoms with Crippen molar-refractivity contribution in [2.45, 2.75) is 52.0 Å². The Bertz CT molecular complexity index is 402. The molecule has 1 aliphatic heterocycles. The van der Waals surface area contributed by atoms with E-state index in [1.54, 1.807) is 0 Å². The predicted octanol–water partition coefficient (Wildman–Crippen LogP) is 2.04. The molecule has 6 nitrogen and oxygen atoms in total. The lowest BCUT2D eigenvalue weighted by molar-refractivity contribution is 0.617. The van der Waals surface area contributed by atoms with Gasteiger partial charge in [0, 0.05) is 19.1 Å². The van der Waals surface area contributed by atoms with Gasteiger partial charge in [0.15, 0.2) is 0 Å². The van der Waals surface area contributed by atoms with Gasteiger partial charge in [-0.05, 0) is 25.7 Å². The molecule has 0 bridgehead atoms. The third-order valence-electron chi connectivity index (χ3n) is 3.49. The number of nitrogens with two attached hydrogens (primary N) is 1. The number of rotatable bonds is 6. The average molecular weight is 264 g/mol. The first kappa shape index (κ1) is 13.8. The van der Waals surface area contributed by atoms with Crippen molar-refractivity contribution < 1.29 is 0 Å². The van der Waals surface area contributed by atoms with Gasteiger partial charge in [-0.2, -0.15) is 15.0 Å². The van der Waals surface area contributed by atoms with Crippen molar-refractivity contribution in [1.29, 1.82) is 0 Å². The Kier molecular flexibility index (Phi) is 4.76. The largest absolute Gasteiger partial charge is 0.368 e. The maximum Gasteiger partial charge on any atom is 0.231 e. The van der Waals surface area contributed by atoms with E-state index >= 15 is 0 Å². The Morgan fingerprint density at radius 3 is 2.58 bits per heavy atom. The average Bonchev–Trinajstić information content (AvgIpc) is 2.91. The summed E-state index contributed by atoms with van der Waals surface area (Å²) in [7, 11) is 0. The van der Waals surface area contributed by atoms with Gasteiger partial charge in [0.05, 0.1) is 0 Å². The van der Waals surface area contributed by atoms with Crippen LogP contribution in [0.2, 0.25) is 0 Å². The zero-order valence-electron chi connectivity index (χ0n) is 11.9. The molecule has 0 amide bonds. The molecule has 2 rings (SSSR count). The third-order valence-corrected chi connectivity index (χ3v) is 3.49. The molecule has 1 unspecified atom stereocenters. The van der Waals surface area contributed by atoms with E-state index in [1.165, 1.54) is 12.8 Å². The number of anilines is 3. The second kappa shape index (κ2) is 6.54. The summed E-state index contributed by atoms with van der Waals surface area (Å²) in [4.78, 5) is 15.1. The fourth-order valence-corrected chi connectivity index (χ4v) is 2.41. The van der Waals surface area contributed by atoms with Crippen LogP contribution in [0.5, 0.6) is 0 Å². The minimum Gasteiger partial charge on any atom is -0.368 e. The summed E-state index contributed by atoms with van der Waals surface area (Å²) in [6, 6.07) is 0.401. The number of aromatic nitrogens is 3. The Hall–Kier alpha value is -1.59. The third kappa shape index (κ3) is 3.68.